The number of ether oxygens (including phenoxy) is 3. The van der Waals surface area contributed by atoms with Crippen molar-refractivity contribution in [2.45, 2.75) is 0 Å². The number of benzene rings is 2. The summed E-state index contributed by atoms with van der Waals surface area (Å²) < 4.78 is 16.1. The van der Waals surface area contributed by atoms with Crippen molar-refractivity contribution in [2.75, 3.05) is 21.3 Å². The quantitative estimate of drug-likeness (QED) is 0.868. The van der Waals surface area contributed by atoms with Crippen LogP contribution in [0.1, 0.15) is 16.7 Å². The van der Waals surface area contributed by atoms with Gasteiger partial charge in [-0.3, -0.25) is 0 Å². The zero-order chi connectivity index (χ0) is 15.5. The zero-order valence-corrected chi connectivity index (χ0v) is 12.8. The molecule has 112 valence electrons. The van der Waals surface area contributed by atoms with Gasteiger partial charge in [0.1, 0.15) is 0 Å². The summed E-state index contributed by atoms with van der Waals surface area (Å²) in [5.41, 5.74) is 3.80. The first kappa shape index (κ1) is 14.2. The molecule has 4 nitrogen and oxygen atoms in total. The number of methoxy groups -OCH3 is 3. The molecule has 0 radical (unpaired) electrons. The van der Waals surface area contributed by atoms with Crippen LogP contribution in [0.15, 0.2) is 47.5 Å². The summed E-state index contributed by atoms with van der Waals surface area (Å²) in [6, 6.07) is 13.9. The summed E-state index contributed by atoms with van der Waals surface area (Å²) in [4.78, 5) is 4.57. The van der Waals surface area contributed by atoms with Crippen LogP contribution in [0.2, 0.25) is 0 Å². The fourth-order valence-electron chi connectivity index (χ4n) is 2.47. The normalized spacial score (nSPS) is 14.5. The third kappa shape index (κ3) is 2.44. The van der Waals surface area contributed by atoms with E-state index < -0.39 is 0 Å². The van der Waals surface area contributed by atoms with Crippen molar-refractivity contribution in [3.63, 3.8) is 0 Å². The second kappa shape index (κ2) is 5.93. The van der Waals surface area contributed by atoms with Crippen LogP contribution < -0.4 is 9.47 Å². The minimum atomic E-state index is 0.582. The minimum absolute atomic E-state index is 0.582. The number of rotatable bonds is 3. The van der Waals surface area contributed by atoms with Crippen LogP contribution in [-0.4, -0.2) is 27.2 Å². The molecule has 0 unspecified atom stereocenters. The van der Waals surface area contributed by atoms with E-state index in [2.05, 4.69) is 4.99 Å². The average Bonchev–Trinajstić information content (AvgIpc) is 2.91. The van der Waals surface area contributed by atoms with Gasteiger partial charge < -0.3 is 14.2 Å². The number of hydrogen-bond acceptors (Lipinski definition) is 4. The van der Waals surface area contributed by atoms with Gasteiger partial charge in [0.05, 0.1) is 32.6 Å². The second-order valence-corrected chi connectivity index (χ2v) is 4.81. The fourth-order valence-corrected chi connectivity index (χ4v) is 2.47. The number of fused-ring (bicyclic) bond motifs is 1. The average molecular weight is 295 g/mol. The van der Waals surface area contributed by atoms with Gasteiger partial charge in [-0.1, -0.05) is 30.3 Å². The summed E-state index contributed by atoms with van der Waals surface area (Å²) in [5.74, 6) is 1.91. The summed E-state index contributed by atoms with van der Waals surface area (Å²) >= 11 is 0. The van der Waals surface area contributed by atoms with E-state index in [9.17, 15) is 0 Å². The molecule has 1 aliphatic heterocycles. The molecule has 2 aromatic carbocycles. The largest absolute Gasteiger partial charge is 0.493 e. The molecular formula is C18H17NO3. The van der Waals surface area contributed by atoms with Crippen molar-refractivity contribution in [1.82, 2.24) is 0 Å². The van der Waals surface area contributed by atoms with Crippen LogP contribution in [-0.2, 0) is 4.74 Å². The first-order valence-electron chi connectivity index (χ1n) is 6.93. The third-order valence-corrected chi connectivity index (χ3v) is 3.55. The van der Waals surface area contributed by atoms with Gasteiger partial charge in [-0.15, -0.1) is 0 Å². The highest BCUT2D eigenvalue weighted by atomic mass is 16.5. The topological polar surface area (TPSA) is 40.0 Å². The Morgan fingerprint density at radius 1 is 0.818 bits per heavy atom. The van der Waals surface area contributed by atoms with Crippen molar-refractivity contribution >= 4 is 17.7 Å². The SMILES string of the molecule is COC1=NC(=Cc2ccccc2)c2cc(OC)c(OC)cc21. The standard InChI is InChI=1S/C18H17NO3/c1-20-16-10-13-14(11-17(16)21-2)18(22-3)19-15(13)9-12-7-5-4-6-8-12/h4-11H,1-3H3. The van der Waals surface area contributed by atoms with Gasteiger partial charge in [0.25, 0.3) is 0 Å². The van der Waals surface area contributed by atoms with E-state index in [1.165, 1.54) is 0 Å². The first-order valence-corrected chi connectivity index (χ1v) is 6.93. The molecule has 3 rings (SSSR count). The van der Waals surface area contributed by atoms with E-state index in [1.54, 1.807) is 21.3 Å². The summed E-state index contributed by atoms with van der Waals surface area (Å²) in [6.07, 6.45) is 2.02. The number of aliphatic imine (C=N–C) groups is 1. The highest BCUT2D eigenvalue weighted by Gasteiger charge is 2.24. The van der Waals surface area contributed by atoms with E-state index in [1.807, 2.05) is 48.5 Å². The van der Waals surface area contributed by atoms with Crippen LogP contribution >= 0.6 is 0 Å². The Hall–Kier alpha value is -2.75. The summed E-state index contributed by atoms with van der Waals surface area (Å²) in [5, 5.41) is 0. The van der Waals surface area contributed by atoms with E-state index in [-0.39, 0.29) is 0 Å². The monoisotopic (exact) mass is 295 g/mol. The molecular weight excluding hydrogens is 278 g/mol. The smallest absolute Gasteiger partial charge is 0.221 e. The van der Waals surface area contributed by atoms with Crippen LogP contribution in [0.4, 0.5) is 0 Å². The van der Waals surface area contributed by atoms with Gasteiger partial charge in [-0.05, 0) is 23.8 Å². The highest BCUT2D eigenvalue weighted by molar-refractivity contribution is 6.09. The molecule has 0 aliphatic carbocycles. The summed E-state index contributed by atoms with van der Waals surface area (Å²) in [6.45, 7) is 0. The first-order chi connectivity index (χ1) is 10.8. The molecule has 0 fully saturated rings. The van der Waals surface area contributed by atoms with Crippen molar-refractivity contribution in [1.29, 1.82) is 0 Å². The van der Waals surface area contributed by atoms with E-state index >= 15 is 0 Å². The Morgan fingerprint density at radius 2 is 1.45 bits per heavy atom. The molecule has 22 heavy (non-hydrogen) atoms. The van der Waals surface area contributed by atoms with Crippen LogP contribution in [0.5, 0.6) is 11.5 Å². The number of nitrogens with zero attached hydrogens (tertiary/aromatic N) is 1. The lowest BCUT2D eigenvalue weighted by atomic mass is 10.0. The van der Waals surface area contributed by atoms with Crippen LogP contribution in [0, 0.1) is 0 Å². The van der Waals surface area contributed by atoms with Gasteiger partial charge in [0, 0.05) is 5.56 Å². The van der Waals surface area contributed by atoms with E-state index in [0.29, 0.717) is 17.4 Å². The number of hydrogen-bond donors (Lipinski definition) is 0. The Morgan fingerprint density at radius 3 is 2.05 bits per heavy atom. The van der Waals surface area contributed by atoms with Crippen molar-refractivity contribution < 1.29 is 14.2 Å². The molecule has 0 spiro atoms. The lowest BCUT2D eigenvalue weighted by Gasteiger charge is -2.10. The maximum atomic E-state index is 5.39. The van der Waals surface area contributed by atoms with E-state index in [0.717, 1.165) is 22.4 Å². The van der Waals surface area contributed by atoms with Crippen LogP contribution in [0.3, 0.4) is 0 Å². The predicted octanol–water partition coefficient (Wildman–Crippen LogP) is 3.61. The molecule has 0 amide bonds. The molecule has 0 bridgehead atoms. The zero-order valence-electron chi connectivity index (χ0n) is 12.8. The molecule has 1 aliphatic rings. The third-order valence-electron chi connectivity index (χ3n) is 3.55. The molecule has 0 saturated heterocycles. The molecule has 4 heteroatoms. The fraction of sp³-hybridized carbons (Fsp3) is 0.167. The Kier molecular flexibility index (Phi) is 3.83. The Labute approximate surface area is 129 Å². The second-order valence-electron chi connectivity index (χ2n) is 4.81. The van der Waals surface area contributed by atoms with E-state index in [4.69, 9.17) is 14.2 Å². The summed E-state index contributed by atoms with van der Waals surface area (Å²) in [7, 11) is 4.85. The predicted molar refractivity (Wildman–Crippen MR) is 87.4 cm³/mol. The Bertz CT molecular complexity index is 748. The molecule has 0 aromatic heterocycles. The van der Waals surface area contributed by atoms with Gasteiger partial charge in [0.15, 0.2) is 11.5 Å². The van der Waals surface area contributed by atoms with Crippen molar-refractivity contribution in [3.8, 4) is 11.5 Å². The van der Waals surface area contributed by atoms with Gasteiger partial charge in [-0.2, -0.15) is 0 Å². The van der Waals surface area contributed by atoms with Gasteiger partial charge >= 0.3 is 0 Å². The van der Waals surface area contributed by atoms with Gasteiger partial charge in [-0.25, -0.2) is 4.99 Å². The molecule has 0 N–H and O–H groups in total. The van der Waals surface area contributed by atoms with Crippen molar-refractivity contribution in [2.24, 2.45) is 4.99 Å². The lowest BCUT2D eigenvalue weighted by Crippen LogP contribution is -2.02. The van der Waals surface area contributed by atoms with Crippen LogP contribution in [0.25, 0.3) is 11.8 Å². The molecule has 2 aromatic rings. The van der Waals surface area contributed by atoms with Crippen molar-refractivity contribution in [3.05, 3.63) is 59.2 Å². The highest BCUT2D eigenvalue weighted by Crippen LogP contribution is 2.38. The maximum absolute atomic E-state index is 5.39. The minimum Gasteiger partial charge on any atom is -0.493 e. The molecule has 1 heterocycles. The lowest BCUT2D eigenvalue weighted by molar-refractivity contribution is 0.354. The molecule has 0 atom stereocenters. The Balaban J connectivity index is 2.14. The maximum Gasteiger partial charge on any atom is 0.221 e. The molecule has 0 saturated carbocycles. The van der Waals surface area contributed by atoms with Gasteiger partial charge in [0.2, 0.25) is 5.90 Å².